The Labute approximate surface area is 237 Å². The summed E-state index contributed by atoms with van der Waals surface area (Å²) < 4.78 is 32.1. The lowest BCUT2D eigenvalue weighted by molar-refractivity contribution is -0.143. The maximum absolute atomic E-state index is 14.3. The van der Waals surface area contributed by atoms with Crippen molar-refractivity contribution in [2.24, 2.45) is 5.92 Å². The van der Waals surface area contributed by atoms with Crippen LogP contribution in [0.5, 0.6) is 5.75 Å². The maximum atomic E-state index is 14.3. The molecule has 4 atom stereocenters. The number of aryl methyl sites for hydroxylation is 1. The third-order valence-electron chi connectivity index (χ3n) is 8.70. The van der Waals surface area contributed by atoms with Crippen molar-refractivity contribution >= 4 is 5.97 Å². The lowest BCUT2D eigenvalue weighted by atomic mass is 9.87. The van der Waals surface area contributed by atoms with Crippen LogP contribution in [0.3, 0.4) is 0 Å². The number of hydrogen-bond donors (Lipinski definition) is 1. The van der Waals surface area contributed by atoms with Crippen LogP contribution >= 0.6 is 0 Å². The number of carboxylic acid groups (broad SMARTS) is 1. The van der Waals surface area contributed by atoms with Crippen molar-refractivity contribution in [3.05, 3.63) is 58.2 Å². The number of carbonyl (C=O) groups is 1. The summed E-state index contributed by atoms with van der Waals surface area (Å²) in [6.07, 6.45) is 9.38. The summed E-state index contributed by atoms with van der Waals surface area (Å²) in [5.41, 5.74) is 4.84. The van der Waals surface area contributed by atoms with Crippen LogP contribution in [0.4, 0.5) is 4.39 Å². The van der Waals surface area contributed by atoms with E-state index < -0.39 is 17.8 Å². The van der Waals surface area contributed by atoms with Crippen molar-refractivity contribution in [2.45, 2.75) is 89.4 Å². The number of nitrogens with zero attached hydrogens (tertiary/aromatic N) is 2. The van der Waals surface area contributed by atoms with Crippen LogP contribution in [0.2, 0.25) is 0 Å². The van der Waals surface area contributed by atoms with E-state index in [0.717, 1.165) is 74.8 Å². The molecule has 2 fully saturated rings. The van der Waals surface area contributed by atoms with Gasteiger partial charge in [0.15, 0.2) is 0 Å². The predicted molar refractivity (Wildman–Crippen MR) is 150 cm³/mol. The van der Waals surface area contributed by atoms with Crippen molar-refractivity contribution < 1.29 is 28.5 Å². The van der Waals surface area contributed by atoms with Crippen LogP contribution in [0.1, 0.15) is 92.1 Å². The molecule has 8 heteroatoms. The van der Waals surface area contributed by atoms with Gasteiger partial charge in [0.2, 0.25) is 0 Å². The van der Waals surface area contributed by atoms with Gasteiger partial charge in [-0.05, 0) is 93.4 Å². The molecule has 5 rings (SSSR count). The molecule has 1 aromatic heterocycles. The molecule has 2 unspecified atom stereocenters. The van der Waals surface area contributed by atoms with E-state index in [1.807, 2.05) is 4.90 Å². The molecule has 0 amide bonds. The lowest BCUT2D eigenvalue weighted by Gasteiger charge is -2.30. The van der Waals surface area contributed by atoms with Gasteiger partial charge in [-0.1, -0.05) is 13.0 Å². The summed E-state index contributed by atoms with van der Waals surface area (Å²) in [6.45, 7) is 4.66. The minimum absolute atomic E-state index is 0.0340. The molecule has 40 heavy (non-hydrogen) atoms. The monoisotopic (exact) mass is 554 g/mol. The molecule has 2 aliphatic heterocycles. The molecule has 3 aliphatic rings. The Bertz CT molecular complexity index is 1170. The number of methoxy groups -OCH3 is 1. The predicted octanol–water partition coefficient (Wildman–Crippen LogP) is 5.84. The van der Waals surface area contributed by atoms with Gasteiger partial charge in [0.1, 0.15) is 17.6 Å². The van der Waals surface area contributed by atoms with E-state index in [1.54, 1.807) is 13.2 Å². The minimum atomic E-state index is -0.967. The Balaban J connectivity index is 1.14. The molecule has 2 aromatic rings. The molecular formula is C32H43FN2O5. The van der Waals surface area contributed by atoms with Crippen LogP contribution in [0.15, 0.2) is 24.3 Å². The molecule has 2 saturated heterocycles. The number of aliphatic carboxylic acids is 1. The van der Waals surface area contributed by atoms with Crippen LogP contribution in [-0.2, 0) is 33.5 Å². The quantitative estimate of drug-likeness (QED) is 0.350. The van der Waals surface area contributed by atoms with Gasteiger partial charge >= 0.3 is 5.97 Å². The van der Waals surface area contributed by atoms with E-state index in [9.17, 15) is 14.3 Å². The SMILES string of the molecule is COc1cc(CCCCO[C@@H]2CCN(C(C(=O)O)c3cc(F)ccc3[C@@H]3CCCCO3)C2)nc2c1CCC(C)C2. The number of likely N-dealkylation sites (tertiary alicyclic amines) is 1. The van der Waals surface area contributed by atoms with Gasteiger partial charge in [-0.2, -0.15) is 0 Å². The summed E-state index contributed by atoms with van der Waals surface area (Å²) in [7, 11) is 1.74. The first-order chi connectivity index (χ1) is 19.4. The third-order valence-corrected chi connectivity index (χ3v) is 8.70. The van der Waals surface area contributed by atoms with Gasteiger partial charge in [0.25, 0.3) is 0 Å². The van der Waals surface area contributed by atoms with Crippen LogP contribution in [0.25, 0.3) is 0 Å². The Kier molecular flexibility index (Phi) is 9.71. The number of hydrogen-bond acceptors (Lipinski definition) is 6. The minimum Gasteiger partial charge on any atom is -0.496 e. The first-order valence-corrected chi connectivity index (χ1v) is 15.0. The summed E-state index contributed by atoms with van der Waals surface area (Å²) in [6, 6.07) is 5.66. The molecule has 0 saturated carbocycles. The molecule has 0 spiro atoms. The van der Waals surface area contributed by atoms with E-state index in [0.29, 0.717) is 37.8 Å². The highest BCUT2D eigenvalue weighted by Crippen LogP contribution is 2.37. The number of benzene rings is 1. The Morgan fingerprint density at radius 2 is 2.10 bits per heavy atom. The smallest absolute Gasteiger partial charge is 0.325 e. The van der Waals surface area contributed by atoms with E-state index in [2.05, 4.69) is 13.0 Å². The standard InChI is InChI=1S/C32H43FN2O5/c1-21-9-11-26-28(17-21)34-23(19-30(26)38-2)7-3-5-15-39-24-13-14-35(20-24)31(32(36)37)27-18-22(33)10-12-25(27)29-8-4-6-16-40-29/h10,12,18-19,21,24,29,31H,3-9,11,13-17,20H2,1-2H3,(H,36,37)/t21?,24-,29+,31?/m1/s1. The molecule has 1 N–H and O–H groups in total. The average molecular weight is 555 g/mol. The highest BCUT2D eigenvalue weighted by atomic mass is 19.1. The second-order valence-corrected chi connectivity index (χ2v) is 11.7. The summed E-state index contributed by atoms with van der Waals surface area (Å²) in [5, 5.41) is 10.2. The van der Waals surface area contributed by atoms with Gasteiger partial charge < -0.3 is 19.3 Å². The number of pyridine rings is 1. The molecule has 1 aromatic carbocycles. The molecule has 3 heterocycles. The Morgan fingerprint density at radius 1 is 1.23 bits per heavy atom. The topological polar surface area (TPSA) is 81.1 Å². The largest absolute Gasteiger partial charge is 0.496 e. The molecule has 0 radical (unpaired) electrons. The molecule has 0 bridgehead atoms. The zero-order valence-corrected chi connectivity index (χ0v) is 23.9. The fourth-order valence-corrected chi connectivity index (χ4v) is 6.55. The highest BCUT2D eigenvalue weighted by molar-refractivity contribution is 5.76. The Hall–Kier alpha value is -2.55. The lowest BCUT2D eigenvalue weighted by Crippen LogP contribution is -2.34. The zero-order chi connectivity index (χ0) is 28.1. The number of fused-ring (bicyclic) bond motifs is 1. The summed E-state index contributed by atoms with van der Waals surface area (Å²) in [5.74, 6) is 0.242. The Morgan fingerprint density at radius 3 is 2.88 bits per heavy atom. The number of aromatic nitrogens is 1. The van der Waals surface area contributed by atoms with E-state index in [1.165, 1.54) is 29.8 Å². The first kappa shape index (κ1) is 29.0. The van der Waals surface area contributed by atoms with Gasteiger partial charge in [-0.15, -0.1) is 0 Å². The molecular weight excluding hydrogens is 511 g/mol. The van der Waals surface area contributed by atoms with Crippen molar-refractivity contribution in [1.82, 2.24) is 9.88 Å². The molecule has 7 nitrogen and oxygen atoms in total. The third kappa shape index (κ3) is 6.84. The van der Waals surface area contributed by atoms with Crippen LogP contribution in [0, 0.1) is 11.7 Å². The second-order valence-electron chi connectivity index (χ2n) is 11.7. The van der Waals surface area contributed by atoms with Gasteiger partial charge in [0.05, 0.1) is 19.3 Å². The molecule has 1 aliphatic carbocycles. The van der Waals surface area contributed by atoms with E-state index in [-0.39, 0.29) is 12.2 Å². The van der Waals surface area contributed by atoms with E-state index >= 15 is 0 Å². The fourth-order valence-electron chi connectivity index (χ4n) is 6.55. The number of unbranched alkanes of at least 4 members (excludes halogenated alkanes) is 1. The number of rotatable bonds is 11. The van der Waals surface area contributed by atoms with Gasteiger partial charge in [-0.3, -0.25) is 14.7 Å². The first-order valence-electron chi connectivity index (χ1n) is 15.0. The average Bonchev–Trinajstić information content (AvgIpc) is 3.40. The zero-order valence-electron chi connectivity index (χ0n) is 23.9. The second kappa shape index (κ2) is 13.4. The maximum Gasteiger partial charge on any atom is 0.325 e. The number of carboxylic acids is 1. The normalized spacial score (nSPS) is 24.0. The van der Waals surface area contributed by atoms with Crippen LogP contribution in [-0.4, -0.2) is 60.5 Å². The molecule has 218 valence electrons. The number of ether oxygens (including phenoxy) is 3. The number of halogens is 1. The van der Waals surface area contributed by atoms with Crippen molar-refractivity contribution in [3.63, 3.8) is 0 Å². The van der Waals surface area contributed by atoms with Crippen molar-refractivity contribution in [2.75, 3.05) is 33.4 Å². The van der Waals surface area contributed by atoms with Crippen molar-refractivity contribution in [3.8, 4) is 5.75 Å². The summed E-state index contributed by atoms with van der Waals surface area (Å²) in [4.78, 5) is 19.3. The fraction of sp³-hybridized carbons (Fsp3) is 0.625. The van der Waals surface area contributed by atoms with Crippen molar-refractivity contribution in [1.29, 1.82) is 0 Å². The van der Waals surface area contributed by atoms with E-state index in [4.69, 9.17) is 19.2 Å². The van der Waals surface area contributed by atoms with Crippen LogP contribution < -0.4 is 4.74 Å². The summed E-state index contributed by atoms with van der Waals surface area (Å²) >= 11 is 0. The van der Waals surface area contributed by atoms with Gasteiger partial charge in [-0.25, -0.2) is 4.39 Å². The highest BCUT2D eigenvalue weighted by Gasteiger charge is 2.36. The van der Waals surface area contributed by atoms with Gasteiger partial charge in [0, 0.05) is 49.3 Å².